The van der Waals surface area contributed by atoms with Crippen LogP contribution in [0.2, 0.25) is 0 Å². The van der Waals surface area contributed by atoms with Crippen molar-refractivity contribution in [3.8, 4) is 0 Å². The minimum atomic E-state index is -0.785. The lowest BCUT2D eigenvalue weighted by molar-refractivity contribution is -0.167. The topological polar surface area (TPSA) is 78.9 Å². The zero-order chi connectivity index (χ0) is 59.2. The largest absolute Gasteiger partial charge is 0.462 e. The Hall–Kier alpha value is -3.93. The number of carbonyl (C=O) groups excluding carboxylic acids is 3. The molecule has 1 atom stereocenters. The fraction of sp³-hybridized carbons (Fsp3) is 0.724. The molecule has 0 aromatic heterocycles. The average Bonchev–Trinajstić information content (AvgIpc) is 3.47. The van der Waals surface area contributed by atoms with E-state index < -0.39 is 6.10 Å². The van der Waals surface area contributed by atoms with Gasteiger partial charge in [0, 0.05) is 19.3 Å². The summed E-state index contributed by atoms with van der Waals surface area (Å²) >= 11 is 0. The lowest BCUT2D eigenvalue weighted by atomic mass is 10.0. The summed E-state index contributed by atoms with van der Waals surface area (Å²) < 4.78 is 17.0. The van der Waals surface area contributed by atoms with Crippen LogP contribution in [-0.2, 0) is 28.6 Å². The quantitative estimate of drug-likeness (QED) is 0.0261. The van der Waals surface area contributed by atoms with Crippen molar-refractivity contribution in [1.29, 1.82) is 0 Å². The van der Waals surface area contributed by atoms with Crippen molar-refractivity contribution in [2.24, 2.45) is 0 Å². The van der Waals surface area contributed by atoms with Crippen molar-refractivity contribution >= 4 is 17.9 Å². The number of ether oxygens (including phenoxy) is 3. The molecule has 82 heavy (non-hydrogen) atoms. The number of hydrogen-bond acceptors (Lipinski definition) is 6. The van der Waals surface area contributed by atoms with Crippen molar-refractivity contribution in [1.82, 2.24) is 0 Å². The third-order valence-corrected chi connectivity index (χ3v) is 15.0. The molecular weight excluding hydrogens is 1010 g/mol. The summed E-state index contributed by atoms with van der Waals surface area (Å²) in [4.78, 5) is 38.4. The highest BCUT2D eigenvalue weighted by Gasteiger charge is 2.19. The minimum absolute atomic E-state index is 0.0816. The molecule has 0 aromatic rings. The van der Waals surface area contributed by atoms with Gasteiger partial charge in [0.05, 0.1) is 0 Å². The first kappa shape index (κ1) is 78.1. The summed E-state index contributed by atoms with van der Waals surface area (Å²) in [6.45, 7) is 6.54. The molecule has 0 heterocycles. The molecule has 0 fully saturated rings. The molecule has 0 aliphatic carbocycles. The van der Waals surface area contributed by atoms with Crippen LogP contribution in [0.25, 0.3) is 0 Å². The van der Waals surface area contributed by atoms with E-state index in [0.29, 0.717) is 19.3 Å². The minimum Gasteiger partial charge on any atom is -0.462 e. The van der Waals surface area contributed by atoms with Gasteiger partial charge in [0.15, 0.2) is 6.10 Å². The molecule has 1 unspecified atom stereocenters. The van der Waals surface area contributed by atoms with Crippen molar-refractivity contribution in [3.63, 3.8) is 0 Å². The predicted molar refractivity (Wildman–Crippen MR) is 357 cm³/mol. The Morgan fingerprint density at radius 1 is 0.256 bits per heavy atom. The van der Waals surface area contributed by atoms with Gasteiger partial charge in [-0.3, -0.25) is 14.4 Å². The van der Waals surface area contributed by atoms with Crippen LogP contribution < -0.4 is 0 Å². The Morgan fingerprint density at radius 2 is 0.476 bits per heavy atom. The lowest BCUT2D eigenvalue weighted by Crippen LogP contribution is -2.30. The van der Waals surface area contributed by atoms with E-state index in [-0.39, 0.29) is 31.1 Å². The summed E-state index contributed by atoms with van der Waals surface area (Å²) in [5.74, 6) is -0.883. The summed E-state index contributed by atoms with van der Waals surface area (Å²) in [5.41, 5.74) is 0. The van der Waals surface area contributed by atoms with Crippen molar-refractivity contribution in [2.75, 3.05) is 13.2 Å². The Balaban J connectivity index is 4.28. The first-order valence-corrected chi connectivity index (χ1v) is 34.9. The van der Waals surface area contributed by atoms with Gasteiger partial charge < -0.3 is 14.2 Å². The second-order valence-corrected chi connectivity index (χ2v) is 23.1. The zero-order valence-electron chi connectivity index (χ0n) is 54.0. The molecule has 470 valence electrons. The Bertz CT molecular complexity index is 1640. The van der Waals surface area contributed by atoms with Gasteiger partial charge in [-0.2, -0.15) is 0 Å². The van der Waals surface area contributed by atoms with E-state index in [4.69, 9.17) is 14.2 Å². The fourth-order valence-electron chi connectivity index (χ4n) is 9.81. The first-order chi connectivity index (χ1) is 40.5. The molecule has 0 aliphatic heterocycles. The monoisotopic (exact) mass is 1140 g/mol. The molecule has 6 heteroatoms. The molecule has 0 aromatic carbocycles. The maximum atomic E-state index is 12.9. The van der Waals surface area contributed by atoms with Crippen molar-refractivity contribution in [2.45, 2.75) is 341 Å². The van der Waals surface area contributed by atoms with E-state index in [1.54, 1.807) is 0 Å². The van der Waals surface area contributed by atoms with Gasteiger partial charge in [-0.25, -0.2) is 0 Å². The van der Waals surface area contributed by atoms with E-state index in [1.807, 2.05) is 0 Å². The Morgan fingerprint density at radius 3 is 0.756 bits per heavy atom. The van der Waals surface area contributed by atoms with Gasteiger partial charge in [0.2, 0.25) is 0 Å². The number of rotatable bonds is 63. The number of unbranched alkanes of at least 4 members (excludes halogenated alkanes) is 34. The molecule has 0 saturated heterocycles. The first-order valence-electron chi connectivity index (χ1n) is 34.9. The normalized spacial score (nSPS) is 12.8. The van der Waals surface area contributed by atoms with Crippen LogP contribution in [0.3, 0.4) is 0 Å². The highest BCUT2D eigenvalue weighted by atomic mass is 16.6. The maximum Gasteiger partial charge on any atom is 0.306 e. The van der Waals surface area contributed by atoms with Gasteiger partial charge in [-0.15, -0.1) is 0 Å². The zero-order valence-corrected chi connectivity index (χ0v) is 54.0. The lowest BCUT2D eigenvalue weighted by Gasteiger charge is -2.18. The average molecular weight is 1140 g/mol. The molecule has 0 amide bonds. The number of carbonyl (C=O) groups is 3. The molecule has 0 saturated carbocycles. The molecule has 0 radical (unpaired) electrons. The third kappa shape index (κ3) is 66.9. The SMILES string of the molecule is CC/C=C\C/C=C\C/C=C\C/C=C\C/C=C\C/C=C\C/C=C\C/C=C\CCCCCCCCCCC(=O)OCC(COC(=O)CCCCCCC/C=C\CCCCCCC)OC(=O)CCCCCCCCCCCCCCCCCCC. The number of allylic oxidation sites excluding steroid dienone is 18. The van der Waals surface area contributed by atoms with Gasteiger partial charge in [0.1, 0.15) is 13.2 Å². The van der Waals surface area contributed by atoms with Gasteiger partial charge >= 0.3 is 17.9 Å². The summed E-state index contributed by atoms with van der Waals surface area (Å²) in [5, 5.41) is 0. The standard InChI is InChI=1S/C76H130O6/c1-4-7-10-13-16-19-22-25-28-30-31-32-33-34-35-36-37-38-39-40-41-42-43-44-45-47-48-51-54-57-60-63-66-69-75(78)81-72-73(71-80-74(77)68-65-62-59-56-53-50-27-24-21-18-15-12-9-6-3)82-76(79)70-67-64-61-58-55-52-49-46-29-26-23-20-17-14-11-8-5-2/h7,10,16,19,24-25,27-28,31-32,34-35,37-38,40-41,43-44,73H,4-6,8-9,11-15,17-18,20-23,26,29-30,33,36,39,42,45-72H2,1-3H3/b10-7-,19-16-,27-24-,28-25-,32-31-,35-34-,38-37-,41-40-,44-43-. The second-order valence-electron chi connectivity index (χ2n) is 23.1. The van der Waals surface area contributed by atoms with Gasteiger partial charge in [0.25, 0.3) is 0 Å². The van der Waals surface area contributed by atoms with Crippen LogP contribution in [0.15, 0.2) is 109 Å². The van der Waals surface area contributed by atoms with Crippen LogP contribution >= 0.6 is 0 Å². The Labute approximate surface area is 508 Å². The van der Waals surface area contributed by atoms with E-state index >= 15 is 0 Å². The fourth-order valence-corrected chi connectivity index (χ4v) is 9.81. The summed E-state index contributed by atoms with van der Waals surface area (Å²) in [6, 6.07) is 0. The van der Waals surface area contributed by atoms with E-state index in [1.165, 1.54) is 173 Å². The molecule has 0 N–H and O–H groups in total. The number of hydrogen-bond donors (Lipinski definition) is 0. The molecule has 0 bridgehead atoms. The predicted octanol–water partition coefficient (Wildman–Crippen LogP) is 24.2. The van der Waals surface area contributed by atoms with Gasteiger partial charge in [-0.1, -0.05) is 316 Å². The van der Waals surface area contributed by atoms with Crippen molar-refractivity contribution < 1.29 is 28.6 Å². The smallest absolute Gasteiger partial charge is 0.306 e. The highest BCUT2D eigenvalue weighted by molar-refractivity contribution is 5.71. The molecular formula is C76H130O6. The van der Waals surface area contributed by atoms with Crippen molar-refractivity contribution in [3.05, 3.63) is 109 Å². The summed E-state index contributed by atoms with van der Waals surface area (Å²) in [7, 11) is 0. The third-order valence-electron chi connectivity index (χ3n) is 15.0. The molecule has 6 nitrogen and oxygen atoms in total. The van der Waals surface area contributed by atoms with E-state index in [9.17, 15) is 14.4 Å². The van der Waals surface area contributed by atoms with Crippen LogP contribution in [0.4, 0.5) is 0 Å². The summed E-state index contributed by atoms with van der Waals surface area (Å²) in [6.07, 6.45) is 95.3. The number of esters is 3. The second kappa shape index (κ2) is 69.6. The highest BCUT2D eigenvalue weighted by Crippen LogP contribution is 2.17. The van der Waals surface area contributed by atoms with E-state index in [2.05, 4.69) is 130 Å². The van der Waals surface area contributed by atoms with Crippen LogP contribution in [0.1, 0.15) is 335 Å². The molecule has 0 rings (SSSR count). The molecule has 0 spiro atoms. The molecule has 0 aliphatic rings. The van der Waals surface area contributed by atoms with Gasteiger partial charge in [-0.05, 0) is 109 Å². The Kier molecular flexibility index (Phi) is 66.2. The van der Waals surface area contributed by atoms with Crippen LogP contribution in [-0.4, -0.2) is 37.2 Å². The van der Waals surface area contributed by atoms with E-state index in [0.717, 1.165) is 122 Å². The maximum absolute atomic E-state index is 12.9. The van der Waals surface area contributed by atoms with Crippen LogP contribution in [0, 0.1) is 0 Å². The van der Waals surface area contributed by atoms with Crippen LogP contribution in [0.5, 0.6) is 0 Å².